The largest absolute Gasteiger partial charge is 0.492 e. The topological polar surface area (TPSA) is 84.0 Å². The Morgan fingerprint density at radius 2 is 1.77 bits per heavy atom. The van der Waals surface area contributed by atoms with Crippen molar-refractivity contribution in [3.63, 3.8) is 0 Å². The average Bonchev–Trinajstić information content (AvgIpc) is 2.72. The maximum Gasteiger partial charge on any atom is 0.422 e. The second-order valence-corrected chi connectivity index (χ2v) is 6.46. The van der Waals surface area contributed by atoms with Gasteiger partial charge in [0.05, 0.1) is 6.54 Å². The van der Waals surface area contributed by atoms with Crippen molar-refractivity contribution in [2.45, 2.75) is 19.6 Å². The summed E-state index contributed by atoms with van der Waals surface area (Å²) in [7, 11) is 1.63. The molecule has 2 rings (SSSR count). The molecule has 0 unspecified atom stereocenters. The molecule has 0 aromatic heterocycles. The van der Waals surface area contributed by atoms with Gasteiger partial charge < -0.3 is 25.4 Å². The van der Waals surface area contributed by atoms with Gasteiger partial charge in [-0.15, -0.1) is 0 Å². The number of amides is 1. The Bertz CT molecular complexity index is 871. The molecule has 0 aliphatic rings. The first-order chi connectivity index (χ1) is 14.7. The molecule has 10 heteroatoms. The minimum Gasteiger partial charge on any atom is -0.492 e. The fraction of sp³-hybridized carbons (Fsp3) is 0.333. The van der Waals surface area contributed by atoms with Crippen LogP contribution < -0.4 is 25.4 Å². The molecule has 0 fully saturated rings. The van der Waals surface area contributed by atoms with E-state index in [1.54, 1.807) is 43.4 Å². The van der Waals surface area contributed by atoms with E-state index >= 15 is 0 Å². The minimum absolute atomic E-state index is 0.155. The SMILES string of the molecule is CN=C(NCCOc1cccc(NC(C)=O)c1)NCc1ccc(OCC(F)(F)F)cc1. The number of ether oxygens (including phenoxy) is 2. The zero-order valence-electron chi connectivity index (χ0n) is 17.3. The van der Waals surface area contributed by atoms with Gasteiger partial charge >= 0.3 is 6.18 Å². The van der Waals surface area contributed by atoms with Crippen LogP contribution in [0.3, 0.4) is 0 Å². The monoisotopic (exact) mass is 438 g/mol. The second kappa shape index (κ2) is 11.7. The van der Waals surface area contributed by atoms with Crippen molar-refractivity contribution in [2.75, 3.05) is 32.1 Å². The van der Waals surface area contributed by atoms with E-state index in [2.05, 4.69) is 25.7 Å². The van der Waals surface area contributed by atoms with Crippen LogP contribution in [0, 0.1) is 0 Å². The molecule has 31 heavy (non-hydrogen) atoms. The first kappa shape index (κ1) is 23.8. The van der Waals surface area contributed by atoms with E-state index in [1.807, 2.05) is 0 Å². The van der Waals surface area contributed by atoms with Gasteiger partial charge in [-0.05, 0) is 29.8 Å². The zero-order valence-corrected chi connectivity index (χ0v) is 17.3. The summed E-state index contributed by atoms with van der Waals surface area (Å²) in [6.07, 6.45) is -4.36. The van der Waals surface area contributed by atoms with Crippen LogP contribution in [0.1, 0.15) is 12.5 Å². The summed E-state index contributed by atoms with van der Waals surface area (Å²) in [4.78, 5) is 15.2. The van der Waals surface area contributed by atoms with Crippen molar-refractivity contribution in [1.29, 1.82) is 0 Å². The summed E-state index contributed by atoms with van der Waals surface area (Å²) in [5.74, 6) is 1.18. The molecule has 0 radical (unpaired) electrons. The smallest absolute Gasteiger partial charge is 0.422 e. The number of halogens is 3. The van der Waals surface area contributed by atoms with Gasteiger partial charge in [0, 0.05) is 32.3 Å². The van der Waals surface area contributed by atoms with Gasteiger partial charge in [0.15, 0.2) is 12.6 Å². The van der Waals surface area contributed by atoms with Gasteiger partial charge in [0.25, 0.3) is 0 Å². The minimum atomic E-state index is -4.36. The van der Waals surface area contributed by atoms with Crippen LogP contribution in [0.15, 0.2) is 53.5 Å². The number of rotatable bonds is 9. The van der Waals surface area contributed by atoms with Crippen molar-refractivity contribution in [3.05, 3.63) is 54.1 Å². The van der Waals surface area contributed by atoms with Crippen LogP contribution in [0.2, 0.25) is 0 Å². The Morgan fingerprint density at radius 3 is 2.42 bits per heavy atom. The molecular formula is C21H25F3N4O3. The lowest BCUT2D eigenvalue weighted by atomic mass is 10.2. The Labute approximate surface area is 178 Å². The molecule has 0 bridgehead atoms. The normalized spacial score (nSPS) is 11.6. The Morgan fingerprint density at radius 1 is 1.03 bits per heavy atom. The molecule has 0 atom stereocenters. The maximum atomic E-state index is 12.2. The highest BCUT2D eigenvalue weighted by atomic mass is 19.4. The fourth-order valence-corrected chi connectivity index (χ4v) is 2.48. The van der Waals surface area contributed by atoms with Crippen molar-refractivity contribution in [3.8, 4) is 11.5 Å². The number of carbonyl (C=O) groups is 1. The van der Waals surface area contributed by atoms with E-state index in [9.17, 15) is 18.0 Å². The number of nitrogens with zero attached hydrogens (tertiary/aromatic N) is 1. The predicted octanol–water partition coefficient (Wildman–Crippen LogP) is 3.33. The molecule has 2 aromatic carbocycles. The summed E-state index contributed by atoms with van der Waals surface area (Å²) in [6, 6.07) is 13.4. The number of guanidine groups is 1. The van der Waals surface area contributed by atoms with Crippen molar-refractivity contribution < 1.29 is 27.4 Å². The van der Waals surface area contributed by atoms with E-state index in [4.69, 9.17) is 4.74 Å². The number of aliphatic imine (C=N–C) groups is 1. The fourth-order valence-electron chi connectivity index (χ4n) is 2.48. The molecule has 2 aromatic rings. The van der Waals surface area contributed by atoms with E-state index in [-0.39, 0.29) is 11.7 Å². The lowest BCUT2D eigenvalue weighted by Crippen LogP contribution is -2.38. The highest BCUT2D eigenvalue weighted by Gasteiger charge is 2.28. The van der Waals surface area contributed by atoms with Crippen molar-refractivity contribution in [1.82, 2.24) is 10.6 Å². The number of nitrogens with one attached hydrogen (secondary N) is 3. The number of anilines is 1. The summed E-state index contributed by atoms with van der Waals surface area (Å²) in [5.41, 5.74) is 1.51. The average molecular weight is 438 g/mol. The zero-order chi connectivity index (χ0) is 22.7. The van der Waals surface area contributed by atoms with E-state index in [0.717, 1.165) is 5.56 Å². The molecule has 0 heterocycles. The van der Waals surface area contributed by atoms with E-state index in [0.29, 0.717) is 37.1 Å². The van der Waals surface area contributed by atoms with Crippen LogP contribution >= 0.6 is 0 Å². The summed E-state index contributed by atoms with van der Waals surface area (Å²) >= 11 is 0. The van der Waals surface area contributed by atoms with Gasteiger partial charge in [-0.25, -0.2) is 0 Å². The summed E-state index contributed by atoms with van der Waals surface area (Å²) in [5, 5.41) is 8.90. The van der Waals surface area contributed by atoms with Crippen LogP contribution in [-0.2, 0) is 11.3 Å². The molecule has 1 amide bonds. The number of carbonyl (C=O) groups excluding carboxylic acids is 1. The highest BCUT2D eigenvalue weighted by molar-refractivity contribution is 5.88. The van der Waals surface area contributed by atoms with Crippen LogP contribution in [0.25, 0.3) is 0 Å². The van der Waals surface area contributed by atoms with Gasteiger partial charge in [-0.1, -0.05) is 18.2 Å². The molecule has 7 nitrogen and oxygen atoms in total. The van der Waals surface area contributed by atoms with E-state index in [1.165, 1.54) is 19.1 Å². The number of hydrogen-bond donors (Lipinski definition) is 3. The molecular weight excluding hydrogens is 413 g/mol. The third-order valence-corrected chi connectivity index (χ3v) is 3.83. The molecule has 3 N–H and O–H groups in total. The Balaban J connectivity index is 1.71. The molecule has 0 spiro atoms. The van der Waals surface area contributed by atoms with E-state index < -0.39 is 12.8 Å². The summed E-state index contributed by atoms with van der Waals surface area (Å²) in [6.45, 7) is 1.40. The van der Waals surface area contributed by atoms with Crippen molar-refractivity contribution in [2.24, 2.45) is 4.99 Å². The number of hydrogen-bond acceptors (Lipinski definition) is 4. The Hall–Kier alpha value is -3.43. The highest BCUT2D eigenvalue weighted by Crippen LogP contribution is 2.19. The second-order valence-electron chi connectivity index (χ2n) is 6.46. The lowest BCUT2D eigenvalue weighted by molar-refractivity contribution is -0.153. The quantitative estimate of drug-likeness (QED) is 0.318. The maximum absolute atomic E-state index is 12.2. The third kappa shape index (κ3) is 9.75. The van der Waals surface area contributed by atoms with Crippen molar-refractivity contribution >= 4 is 17.6 Å². The standard InChI is InChI=1S/C21H25F3N4O3/c1-15(29)28-17-4-3-5-19(12-17)30-11-10-26-20(25-2)27-13-16-6-8-18(9-7-16)31-14-21(22,23)24/h3-9,12H,10-11,13-14H2,1-2H3,(H,28,29)(H2,25,26,27). The molecule has 0 aliphatic heterocycles. The summed E-state index contributed by atoms with van der Waals surface area (Å²) < 4.78 is 46.9. The molecule has 0 saturated heterocycles. The van der Waals surface area contributed by atoms with Crippen LogP contribution in [0.4, 0.5) is 18.9 Å². The van der Waals surface area contributed by atoms with Gasteiger partial charge in [-0.2, -0.15) is 13.2 Å². The van der Waals surface area contributed by atoms with Gasteiger partial charge in [0.1, 0.15) is 18.1 Å². The van der Waals surface area contributed by atoms with Gasteiger partial charge in [-0.3, -0.25) is 9.79 Å². The Kier molecular flexibility index (Phi) is 8.98. The molecule has 168 valence electrons. The predicted molar refractivity (Wildman–Crippen MR) is 112 cm³/mol. The first-order valence-electron chi connectivity index (χ1n) is 9.48. The van der Waals surface area contributed by atoms with Gasteiger partial charge in [0.2, 0.25) is 5.91 Å². The molecule has 0 saturated carbocycles. The third-order valence-electron chi connectivity index (χ3n) is 3.83. The lowest BCUT2D eigenvalue weighted by Gasteiger charge is -2.13. The molecule has 0 aliphatic carbocycles. The number of benzene rings is 2. The number of alkyl halides is 3. The first-order valence-corrected chi connectivity index (χ1v) is 9.48. The van der Waals surface area contributed by atoms with Crippen LogP contribution in [-0.4, -0.2) is 44.8 Å². The van der Waals surface area contributed by atoms with Crippen LogP contribution in [0.5, 0.6) is 11.5 Å².